The fraction of sp³-hybridized carbons (Fsp3) is 0. The topological polar surface area (TPSA) is 17.1 Å². The van der Waals surface area contributed by atoms with E-state index in [-0.39, 0.29) is 43.0 Å². The first-order chi connectivity index (χ1) is 1.00. The molecular formula is H3OSbVW. The van der Waals surface area contributed by atoms with Crippen LogP contribution in [0.1, 0.15) is 0 Å². The Hall–Kier alpha value is 1.89. The van der Waals surface area contributed by atoms with Gasteiger partial charge in [-0.25, -0.2) is 0 Å². The van der Waals surface area contributed by atoms with Crippen LogP contribution in [0.25, 0.3) is 0 Å². The van der Waals surface area contributed by atoms with Gasteiger partial charge in [-0.1, -0.05) is 0 Å². The van der Waals surface area contributed by atoms with Crippen molar-refractivity contribution in [1.82, 2.24) is 0 Å². The fourth-order valence-corrected chi connectivity index (χ4v) is 0. The Balaban J connectivity index is -0.00000000500. The largest absolute Gasteiger partial charge is 0 e. The molecule has 0 rings (SSSR count). The molecule has 0 amide bonds. The van der Waals surface area contributed by atoms with Crippen LogP contribution in [0.15, 0.2) is 0 Å². The molecule has 0 atom stereocenters. The summed E-state index contributed by atoms with van der Waals surface area (Å²) in [4.78, 5) is 0. The Kier molecular flexibility index (Phi) is 87.3. The van der Waals surface area contributed by atoms with Gasteiger partial charge in [-0.3, -0.25) is 0 Å². The predicted molar refractivity (Wildman–Crippen MR) is 10.6 cm³/mol. The monoisotopic (exact) mass is 375 g/mol. The van der Waals surface area contributed by atoms with Gasteiger partial charge in [0.05, 0.1) is 0 Å². The maximum atomic E-state index is 8.33. The predicted octanol–water partition coefficient (Wildman–Crippen LogP) is -1.31. The van der Waals surface area contributed by atoms with E-state index in [0.29, 0.717) is 19.8 Å². The van der Waals surface area contributed by atoms with Crippen LogP contribution in [-0.2, 0) is 41.7 Å². The molecule has 4 heavy (non-hydrogen) atoms. The Morgan fingerprint density at radius 1 is 1.25 bits per heavy atom. The number of hydrogen-bond acceptors (Lipinski definition) is 1. The van der Waals surface area contributed by atoms with E-state index in [1.54, 1.807) is 0 Å². The normalized spacial score (nSPS) is 1.00. The zero-order chi connectivity index (χ0) is 2.00. The van der Waals surface area contributed by atoms with Crippen LogP contribution in [0.4, 0.5) is 0 Å². The zero-order valence-electron chi connectivity index (χ0n) is 1.97. The second-order valence-corrected chi connectivity index (χ2v) is 0. The summed E-state index contributed by atoms with van der Waals surface area (Å²) in [5.41, 5.74) is 0. The SMILES string of the molecule is [O]=[W].[SbH3].[V]. The molecule has 0 aliphatic rings. The molecule has 0 bridgehead atoms. The van der Waals surface area contributed by atoms with E-state index in [0.717, 1.165) is 0 Å². The van der Waals surface area contributed by atoms with Crippen molar-refractivity contribution in [2.75, 3.05) is 0 Å². The van der Waals surface area contributed by atoms with Gasteiger partial charge in [-0.05, 0) is 0 Å². The summed E-state index contributed by atoms with van der Waals surface area (Å²) in [5, 5.41) is 0. The maximum Gasteiger partial charge on any atom is 0 e. The smallest absolute Gasteiger partial charge is 0 e. The summed E-state index contributed by atoms with van der Waals surface area (Å²) in [6.07, 6.45) is 0. The molecule has 0 N–H and O–H groups in total. The van der Waals surface area contributed by atoms with Gasteiger partial charge in [0.25, 0.3) is 0 Å². The third-order valence-electron chi connectivity index (χ3n) is 0. The van der Waals surface area contributed by atoms with Crippen molar-refractivity contribution >= 4 is 24.4 Å². The van der Waals surface area contributed by atoms with Crippen molar-refractivity contribution < 1.29 is 41.7 Å². The molecule has 0 spiro atoms. The summed E-state index contributed by atoms with van der Waals surface area (Å²) in [6, 6.07) is 0. The van der Waals surface area contributed by atoms with Gasteiger partial charge in [0.2, 0.25) is 0 Å². The van der Waals surface area contributed by atoms with E-state index in [1.807, 2.05) is 0 Å². The van der Waals surface area contributed by atoms with Crippen LogP contribution in [0.5, 0.6) is 0 Å². The van der Waals surface area contributed by atoms with Crippen LogP contribution in [0.3, 0.4) is 0 Å². The zero-order valence-corrected chi connectivity index (χ0v) is 10.3. The summed E-state index contributed by atoms with van der Waals surface area (Å²) in [5.74, 6) is 0. The van der Waals surface area contributed by atoms with E-state index in [9.17, 15) is 0 Å². The van der Waals surface area contributed by atoms with Gasteiger partial charge in [-0.15, -0.1) is 0 Å². The first-order valence-corrected chi connectivity index (χ1v) is 1.36. The van der Waals surface area contributed by atoms with E-state index in [4.69, 9.17) is 3.40 Å². The molecule has 0 aromatic rings. The Morgan fingerprint density at radius 2 is 1.25 bits per heavy atom. The Labute approximate surface area is 65.4 Å². The molecule has 0 saturated heterocycles. The van der Waals surface area contributed by atoms with Crippen LogP contribution in [0.2, 0.25) is 0 Å². The summed E-state index contributed by atoms with van der Waals surface area (Å²) < 4.78 is 8.33. The van der Waals surface area contributed by atoms with Crippen LogP contribution < -0.4 is 0 Å². The van der Waals surface area contributed by atoms with E-state index in [1.165, 1.54) is 0 Å². The molecule has 4 heteroatoms. The molecule has 0 fully saturated rings. The van der Waals surface area contributed by atoms with Gasteiger partial charge in [0.15, 0.2) is 0 Å². The third-order valence-corrected chi connectivity index (χ3v) is 0. The molecule has 0 aliphatic heterocycles. The van der Waals surface area contributed by atoms with Crippen LogP contribution in [0, 0.1) is 0 Å². The standard InChI is InChI=1S/O.Sb.V.W.3H. The van der Waals surface area contributed by atoms with Gasteiger partial charge in [0, 0.05) is 18.6 Å². The maximum absolute atomic E-state index is 8.33. The summed E-state index contributed by atoms with van der Waals surface area (Å²) >= 11 is 0.333. The Bertz CT molecular complexity index is 8.00. The second kappa shape index (κ2) is 20.7. The molecule has 0 saturated carbocycles. The van der Waals surface area contributed by atoms with Crippen molar-refractivity contribution in [2.45, 2.75) is 0 Å². The Morgan fingerprint density at radius 3 is 1.25 bits per heavy atom. The van der Waals surface area contributed by atoms with Crippen molar-refractivity contribution in [2.24, 2.45) is 0 Å². The molecule has 0 unspecified atom stereocenters. The molecular weight excluding hydrogens is 373 g/mol. The second-order valence-electron chi connectivity index (χ2n) is 0. The quantitative estimate of drug-likeness (QED) is 0.481. The van der Waals surface area contributed by atoms with Gasteiger partial charge < -0.3 is 0 Å². The van der Waals surface area contributed by atoms with Crippen molar-refractivity contribution in [3.05, 3.63) is 0 Å². The van der Waals surface area contributed by atoms with E-state index < -0.39 is 0 Å². The van der Waals surface area contributed by atoms with Crippen molar-refractivity contribution in [1.29, 1.82) is 0 Å². The van der Waals surface area contributed by atoms with Gasteiger partial charge >= 0.3 is 47.6 Å². The first-order valence-electron chi connectivity index (χ1n) is 0.167. The minimum absolute atomic E-state index is 0. The van der Waals surface area contributed by atoms with Crippen molar-refractivity contribution in [3.63, 3.8) is 0 Å². The van der Waals surface area contributed by atoms with Crippen LogP contribution >= 0.6 is 0 Å². The molecule has 1 nitrogen and oxygen atoms in total. The van der Waals surface area contributed by atoms with Crippen LogP contribution in [-0.4, -0.2) is 24.4 Å². The minimum Gasteiger partial charge on any atom is 0 e. The van der Waals surface area contributed by atoms with Gasteiger partial charge in [0.1, 0.15) is 0 Å². The van der Waals surface area contributed by atoms with E-state index >= 15 is 0 Å². The van der Waals surface area contributed by atoms with Gasteiger partial charge in [-0.2, -0.15) is 0 Å². The number of rotatable bonds is 0. The average molecular weight is 376 g/mol. The molecule has 0 aromatic carbocycles. The summed E-state index contributed by atoms with van der Waals surface area (Å²) in [7, 11) is 0. The number of hydrogen-bond donors (Lipinski definition) is 0. The summed E-state index contributed by atoms with van der Waals surface area (Å²) in [6.45, 7) is 0. The van der Waals surface area contributed by atoms with E-state index in [2.05, 4.69) is 0 Å². The third kappa shape index (κ3) is 9.09. The molecule has 0 aliphatic carbocycles. The average Bonchev–Trinajstić information content (AvgIpc) is 1.00. The molecule has 25 valence electrons. The van der Waals surface area contributed by atoms with Crippen molar-refractivity contribution in [3.8, 4) is 0 Å². The molecule has 1 radical (unpaired) electrons. The molecule has 0 heterocycles. The fourth-order valence-electron chi connectivity index (χ4n) is 0. The first kappa shape index (κ1) is 16.9. The molecule has 0 aromatic heterocycles. The minimum atomic E-state index is 0.